The fourth-order valence-electron chi connectivity index (χ4n) is 4.38. The average Bonchev–Trinajstić information content (AvgIpc) is 3.51. The van der Waals surface area contributed by atoms with E-state index in [9.17, 15) is 9.90 Å². The first-order valence-electron chi connectivity index (χ1n) is 10.5. The molecule has 0 fully saturated rings. The topological polar surface area (TPSA) is 95.2 Å². The summed E-state index contributed by atoms with van der Waals surface area (Å²) in [6.45, 7) is 6.13. The van der Waals surface area contributed by atoms with E-state index < -0.39 is 6.04 Å². The van der Waals surface area contributed by atoms with Gasteiger partial charge in [-0.05, 0) is 23.3 Å². The van der Waals surface area contributed by atoms with Gasteiger partial charge in [0.15, 0.2) is 0 Å². The minimum absolute atomic E-state index is 0.113. The molecule has 32 heavy (non-hydrogen) atoms. The van der Waals surface area contributed by atoms with Gasteiger partial charge in [-0.25, -0.2) is 0 Å². The molecule has 2 aromatic carbocycles. The van der Waals surface area contributed by atoms with Gasteiger partial charge in [-0.15, -0.1) is 0 Å². The molecule has 5 rings (SSSR count). The summed E-state index contributed by atoms with van der Waals surface area (Å²) in [5, 5.41) is 21.5. The molecule has 1 atom stereocenters. The first-order valence-corrected chi connectivity index (χ1v) is 10.5. The molecule has 0 bridgehead atoms. The highest BCUT2D eigenvalue weighted by Crippen LogP contribution is 2.46. The van der Waals surface area contributed by atoms with Crippen molar-refractivity contribution in [1.82, 2.24) is 15.4 Å². The Morgan fingerprint density at radius 3 is 2.50 bits per heavy atom. The number of anilines is 1. The monoisotopic (exact) mass is 428 g/mol. The van der Waals surface area contributed by atoms with Gasteiger partial charge in [0.2, 0.25) is 0 Å². The van der Waals surface area contributed by atoms with Gasteiger partial charge in [-0.3, -0.25) is 14.8 Å². The Balaban J connectivity index is 1.68. The van der Waals surface area contributed by atoms with E-state index in [0.717, 1.165) is 39.3 Å². The zero-order chi connectivity index (χ0) is 22.5. The fourth-order valence-corrected chi connectivity index (χ4v) is 4.38. The van der Waals surface area contributed by atoms with Gasteiger partial charge < -0.3 is 9.63 Å². The summed E-state index contributed by atoms with van der Waals surface area (Å²) in [7, 11) is 0. The number of hydrogen-bond donors (Lipinski definition) is 2. The summed E-state index contributed by atoms with van der Waals surface area (Å²) in [5.74, 6) is -0.144. The van der Waals surface area contributed by atoms with Gasteiger partial charge in [-0.2, -0.15) is 5.10 Å². The number of H-pyrrole nitrogens is 1. The Kier molecular flexibility index (Phi) is 4.71. The predicted molar refractivity (Wildman–Crippen MR) is 120 cm³/mol. The Labute approximate surface area is 185 Å². The van der Waals surface area contributed by atoms with Crippen molar-refractivity contribution in [2.75, 3.05) is 4.90 Å². The van der Waals surface area contributed by atoms with Crippen LogP contribution in [0.5, 0.6) is 0 Å². The summed E-state index contributed by atoms with van der Waals surface area (Å²) in [5.41, 5.74) is 6.00. The summed E-state index contributed by atoms with van der Waals surface area (Å²) in [6, 6.07) is 16.7. The van der Waals surface area contributed by atoms with Crippen LogP contribution in [0.25, 0.3) is 11.3 Å². The number of carbonyl (C=O) groups excluding carboxylic acids is 1. The Morgan fingerprint density at radius 2 is 1.84 bits per heavy atom. The first-order chi connectivity index (χ1) is 15.4. The number of carbonyl (C=O) groups is 1. The van der Waals surface area contributed by atoms with Crippen LogP contribution in [0.1, 0.15) is 59.7 Å². The normalized spacial score (nSPS) is 15.9. The lowest BCUT2D eigenvalue weighted by Gasteiger charge is -2.29. The van der Waals surface area contributed by atoms with Crippen LogP contribution >= 0.6 is 0 Å². The van der Waals surface area contributed by atoms with Crippen molar-refractivity contribution in [3.63, 3.8) is 0 Å². The molecule has 0 spiro atoms. The van der Waals surface area contributed by atoms with Crippen molar-refractivity contribution < 1.29 is 14.4 Å². The molecule has 0 saturated carbocycles. The van der Waals surface area contributed by atoms with E-state index >= 15 is 0 Å². The van der Waals surface area contributed by atoms with Crippen LogP contribution in [-0.2, 0) is 12.0 Å². The Bertz CT molecular complexity index is 1270. The van der Waals surface area contributed by atoms with Crippen LogP contribution in [-0.4, -0.2) is 26.4 Å². The molecule has 0 aliphatic carbocycles. The lowest BCUT2D eigenvalue weighted by Crippen LogP contribution is -2.30. The number of aromatic nitrogens is 3. The van der Waals surface area contributed by atoms with Gasteiger partial charge in [0.05, 0.1) is 18.3 Å². The molecule has 0 saturated heterocycles. The molecule has 1 aliphatic heterocycles. The van der Waals surface area contributed by atoms with Gasteiger partial charge >= 0.3 is 0 Å². The number of aliphatic hydroxyl groups excluding tert-OH is 1. The van der Waals surface area contributed by atoms with Crippen LogP contribution in [0.3, 0.4) is 0 Å². The van der Waals surface area contributed by atoms with E-state index in [1.807, 2.05) is 48.5 Å². The van der Waals surface area contributed by atoms with Crippen molar-refractivity contribution >= 4 is 11.6 Å². The third-order valence-electron chi connectivity index (χ3n) is 5.88. The quantitative estimate of drug-likeness (QED) is 0.495. The standard InChI is InChI=1S/C25H24N4O3/c1-25(2,3)23-20-21(26-27-23)24(31)29(22(20)18-7-5-4-6-16(18)14-30)17-10-8-15(9-11-17)19-12-13-32-28-19/h4-13,22,30H,14H2,1-3H3,(H,26,27). The SMILES string of the molecule is CC(C)(C)c1n[nH]c2c1C(c1ccccc1CO)N(c1ccc(-c3ccon3)cc1)C2=O. The lowest BCUT2D eigenvalue weighted by atomic mass is 9.85. The van der Waals surface area contributed by atoms with Crippen LogP contribution in [0.15, 0.2) is 65.4 Å². The maximum absolute atomic E-state index is 13.6. The molecule has 4 aromatic rings. The molecular weight excluding hydrogens is 404 g/mol. The van der Waals surface area contributed by atoms with E-state index in [4.69, 9.17) is 4.52 Å². The largest absolute Gasteiger partial charge is 0.392 e. The number of nitrogens with one attached hydrogen (secondary N) is 1. The van der Waals surface area contributed by atoms with Gasteiger partial charge in [-0.1, -0.05) is 62.3 Å². The van der Waals surface area contributed by atoms with E-state index in [2.05, 4.69) is 36.1 Å². The maximum atomic E-state index is 13.6. The number of aromatic amines is 1. The van der Waals surface area contributed by atoms with Crippen LogP contribution in [0, 0.1) is 0 Å². The molecule has 3 heterocycles. The van der Waals surface area contributed by atoms with Crippen molar-refractivity contribution in [1.29, 1.82) is 0 Å². The molecular formula is C25H24N4O3. The number of benzene rings is 2. The number of fused-ring (bicyclic) bond motifs is 1. The van der Waals surface area contributed by atoms with Crippen LogP contribution in [0.2, 0.25) is 0 Å². The second-order valence-corrected chi connectivity index (χ2v) is 8.98. The zero-order valence-electron chi connectivity index (χ0n) is 18.2. The molecule has 1 unspecified atom stereocenters. The second-order valence-electron chi connectivity index (χ2n) is 8.98. The summed E-state index contributed by atoms with van der Waals surface area (Å²) in [4.78, 5) is 15.4. The highest BCUT2D eigenvalue weighted by molar-refractivity contribution is 6.10. The number of hydrogen-bond acceptors (Lipinski definition) is 5. The second kappa shape index (κ2) is 7.46. The van der Waals surface area contributed by atoms with E-state index in [1.165, 1.54) is 6.26 Å². The third-order valence-corrected chi connectivity index (χ3v) is 5.88. The van der Waals surface area contributed by atoms with Crippen LogP contribution < -0.4 is 4.90 Å². The average molecular weight is 428 g/mol. The van der Waals surface area contributed by atoms with Crippen molar-refractivity contribution in [3.8, 4) is 11.3 Å². The minimum Gasteiger partial charge on any atom is -0.392 e. The number of amides is 1. The highest BCUT2D eigenvalue weighted by Gasteiger charge is 2.45. The first kappa shape index (κ1) is 20.2. The lowest BCUT2D eigenvalue weighted by molar-refractivity contribution is 0.0988. The van der Waals surface area contributed by atoms with E-state index in [-0.39, 0.29) is 17.9 Å². The van der Waals surface area contributed by atoms with Gasteiger partial charge in [0.1, 0.15) is 17.7 Å². The summed E-state index contributed by atoms with van der Waals surface area (Å²) < 4.78 is 4.94. The molecule has 1 amide bonds. The molecule has 2 N–H and O–H groups in total. The number of nitrogens with zero attached hydrogens (tertiary/aromatic N) is 3. The minimum atomic E-state index is -0.397. The number of aliphatic hydroxyl groups is 1. The fraction of sp³-hybridized carbons (Fsp3) is 0.240. The molecule has 7 nitrogen and oxygen atoms in total. The van der Waals surface area contributed by atoms with E-state index in [0.29, 0.717) is 5.69 Å². The van der Waals surface area contributed by atoms with Gasteiger partial charge in [0.25, 0.3) is 5.91 Å². The van der Waals surface area contributed by atoms with Crippen molar-refractivity contribution in [2.24, 2.45) is 0 Å². The van der Waals surface area contributed by atoms with Gasteiger partial charge in [0, 0.05) is 28.3 Å². The zero-order valence-corrected chi connectivity index (χ0v) is 18.2. The maximum Gasteiger partial charge on any atom is 0.277 e. The van der Waals surface area contributed by atoms with Crippen molar-refractivity contribution in [3.05, 3.63) is 88.9 Å². The Hall–Kier alpha value is -3.71. The molecule has 7 heteroatoms. The number of rotatable bonds is 4. The molecule has 1 aliphatic rings. The summed E-state index contributed by atoms with van der Waals surface area (Å²) in [6.07, 6.45) is 1.53. The molecule has 0 radical (unpaired) electrons. The third kappa shape index (κ3) is 3.13. The predicted octanol–water partition coefficient (Wildman–Crippen LogP) is 4.60. The highest BCUT2D eigenvalue weighted by atomic mass is 16.5. The molecule has 162 valence electrons. The van der Waals surface area contributed by atoms with Crippen molar-refractivity contribution in [2.45, 2.75) is 38.8 Å². The Morgan fingerprint density at radius 1 is 1.09 bits per heavy atom. The van der Waals surface area contributed by atoms with E-state index in [1.54, 1.807) is 11.0 Å². The molecule has 2 aromatic heterocycles. The summed E-state index contributed by atoms with van der Waals surface area (Å²) >= 11 is 0. The van der Waals surface area contributed by atoms with Crippen LogP contribution in [0.4, 0.5) is 5.69 Å². The smallest absolute Gasteiger partial charge is 0.277 e.